The van der Waals surface area contributed by atoms with Gasteiger partial charge in [-0.25, -0.2) is 13.4 Å². The summed E-state index contributed by atoms with van der Waals surface area (Å²) >= 11 is 6.84. The standard InChI is InChI=1S/C10H10ClN3O2S2/c1-6-13-5-10(17-6)18(15,16)14-9-3-2-7(11)4-8(9)12/h2-5,14H,12H2,1H3. The van der Waals surface area contributed by atoms with Crippen LogP contribution in [0.3, 0.4) is 0 Å². The molecular weight excluding hydrogens is 294 g/mol. The van der Waals surface area contributed by atoms with Gasteiger partial charge in [-0.05, 0) is 25.1 Å². The summed E-state index contributed by atoms with van der Waals surface area (Å²) in [5.41, 5.74) is 6.26. The molecule has 1 aromatic heterocycles. The molecule has 0 radical (unpaired) electrons. The molecule has 3 N–H and O–H groups in total. The van der Waals surface area contributed by atoms with Crippen LogP contribution < -0.4 is 10.5 Å². The number of nitrogen functional groups attached to an aromatic ring is 1. The Morgan fingerprint density at radius 2 is 2.17 bits per heavy atom. The van der Waals surface area contributed by atoms with Gasteiger partial charge in [0.05, 0.1) is 22.6 Å². The molecule has 0 unspecified atom stereocenters. The minimum atomic E-state index is -3.64. The van der Waals surface area contributed by atoms with Crippen LogP contribution in [0, 0.1) is 6.92 Å². The van der Waals surface area contributed by atoms with Crippen molar-refractivity contribution < 1.29 is 8.42 Å². The van der Waals surface area contributed by atoms with E-state index in [0.29, 0.717) is 15.7 Å². The predicted molar refractivity (Wildman–Crippen MR) is 73.5 cm³/mol. The number of hydrogen-bond acceptors (Lipinski definition) is 5. The molecule has 18 heavy (non-hydrogen) atoms. The lowest BCUT2D eigenvalue weighted by atomic mass is 10.3. The number of sulfonamides is 1. The molecule has 0 amide bonds. The molecule has 0 saturated carbocycles. The van der Waals surface area contributed by atoms with Crippen molar-refractivity contribution in [3.8, 4) is 0 Å². The van der Waals surface area contributed by atoms with Crippen molar-refractivity contribution in [3.05, 3.63) is 34.4 Å². The van der Waals surface area contributed by atoms with Gasteiger partial charge in [0.2, 0.25) is 0 Å². The van der Waals surface area contributed by atoms with E-state index < -0.39 is 10.0 Å². The van der Waals surface area contributed by atoms with Crippen LogP contribution in [0.1, 0.15) is 5.01 Å². The van der Waals surface area contributed by atoms with Gasteiger partial charge in [-0.3, -0.25) is 4.72 Å². The van der Waals surface area contributed by atoms with E-state index in [1.54, 1.807) is 13.0 Å². The van der Waals surface area contributed by atoms with Crippen LogP contribution in [-0.2, 0) is 10.0 Å². The summed E-state index contributed by atoms with van der Waals surface area (Å²) in [4.78, 5) is 3.91. The fourth-order valence-electron chi connectivity index (χ4n) is 1.29. The SMILES string of the molecule is Cc1ncc(S(=O)(=O)Nc2ccc(Cl)cc2N)s1. The second-order valence-electron chi connectivity index (χ2n) is 3.54. The number of nitrogens with zero attached hydrogens (tertiary/aromatic N) is 1. The van der Waals surface area contributed by atoms with Crippen LogP contribution in [0.2, 0.25) is 5.02 Å². The summed E-state index contributed by atoms with van der Waals surface area (Å²) in [5.74, 6) is 0. The molecule has 0 aliphatic heterocycles. The van der Waals surface area contributed by atoms with Crippen molar-refractivity contribution in [2.24, 2.45) is 0 Å². The van der Waals surface area contributed by atoms with Gasteiger partial charge in [-0.1, -0.05) is 11.6 Å². The summed E-state index contributed by atoms with van der Waals surface area (Å²) in [6.07, 6.45) is 1.31. The Labute approximate surface area is 114 Å². The zero-order valence-electron chi connectivity index (χ0n) is 9.34. The largest absolute Gasteiger partial charge is 0.397 e. The summed E-state index contributed by atoms with van der Waals surface area (Å²) < 4.78 is 26.6. The fraction of sp³-hybridized carbons (Fsp3) is 0.100. The third-order valence-corrected chi connectivity index (χ3v) is 5.10. The Balaban J connectivity index is 2.33. The van der Waals surface area contributed by atoms with E-state index in [2.05, 4.69) is 9.71 Å². The molecule has 0 saturated heterocycles. The smallest absolute Gasteiger partial charge is 0.273 e. The maximum Gasteiger partial charge on any atom is 0.273 e. The van der Waals surface area contributed by atoms with Gasteiger partial charge in [0.15, 0.2) is 4.21 Å². The molecule has 1 aromatic carbocycles. The highest BCUT2D eigenvalue weighted by atomic mass is 35.5. The molecule has 0 aliphatic carbocycles. The molecule has 8 heteroatoms. The molecule has 2 aromatic rings. The summed E-state index contributed by atoms with van der Waals surface area (Å²) in [6, 6.07) is 4.56. The van der Waals surface area contributed by atoms with Crippen LogP contribution >= 0.6 is 22.9 Å². The molecule has 0 aliphatic rings. The second-order valence-corrected chi connectivity index (χ2v) is 7.12. The van der Waals surface area contributed by atoms with Gasteiger partial charge in [-0.2, -0.15) is 0 Å². The number of aryl methyl sites for hydroxylation is 1. The number of benzene rings is 1. The monoisotopic (exact) mass is 303 g/mol. The Bertz CT molecular complexity index is 682. The third kappa shape index (κ3) is 2.74. The molecule has 0 fully saturated rings. The van der Waals surface area contributed by atoms with Crippen LogP contribution in [0.4, 0.5) is 11.4 Å². The minimum absolute atomic E-state index is 0.148. The van der Waals surface area contributed by atoms with Crippen molar-refractivity contribution in [2.45, 2.75) is 11.1 Å². The Kier molecular flexibility index (Phi) is 3.47. The van der Waals surface area contributed by atoms with Gasteiger partial charge in [-0.15, -0.1) is 11.3 Å². The van der Waals surface area contributed by atoms with Gasteiger partial charge in [0.1, 0.15) is 0 Å². The first-order valence-corrected chi connectivity index (χ1v) is 7.56. The first-order valence-electron chi connectivity index (χ1n) is 4.89. The minimum Gasteiger partial charge on any atom is -0.397 e. The number of hydrogen-bond donors (Lipinski definition) is 2. The second kappa shape index (κ2) is 4.75. The van der Waals surface area contributed by atoms with E-state index >= 15 is 0 Å². The van der Waals surface area contributed by atoms with Crippen molar-refractivity contribution in [1.29, 1.82) is 0 Å². The summed E-state index contributed by atoms with van der Waals surface area (Å²) in [6.45, 7) is 1.74. The van der Waals surface area contributed by atoms with Crippen molar-refractivity contribution in [1.82, 2.24) is 4.98 Å². The fourth-order valence-corrected chi connectivity index (χ4v) is 3.66. The van der Waals surface area contributed by atoms with E-state index in [4.69, 9.17) is 17.3 Å². The highest BCUT2D eigenvalue weighted by molar-refractivity contribution is 7.94. The van der Waals surface area contributed by atoms with E-state index in [1.807, 2.05) is 0 Å². The van der Waals surface area contributed by atoms with Crippen LogP contribution in [0.15, 0.2) is 28.6 Å². The zero-order chi connectivity index (χ0) is 13.3. The van der Waals surface area contributed by atoms with Crippen LogP contribution in [0.25, 0.3) is 0 Å². The molecule has 2 rings (SSSR count). The highest BCUT2D eigenvalue weighted by Crippen LogP contribution is 2.26. The Morgan fingerprint density at radius 1 is 1.44 bits per heavy atom. The number of aromatic nitrogens is 1. The normalized spacial score (nSPS) is 11.4. The lowest BCUT2D eigenvalue weighted by Crippen LogP contribution is -2.12. The molecule has 1 heterocycles. The maximum absolute atomic E-state index is 12.0. The Morgan fingerprint density at radius 3 is 2.72 bits per heavy atom. The molecule has 0 bridgehead atoms. The van der Waals surface area contributed by atoms with Gasteiger partial charge in [0.25, 0.3) is 10.0 Å². The quantitative estimate of drug-likeness (QED) is 0.853. The lowest BCUT2D eigenvalue weighted by molar-refractivity contribution is 0.603. The first-order chi connectivity index (χ1) is 8.38. The van der Waals surface area contributed by atoms with Crippen LogP contribution in [0.5, 0.6) is 0 Å². The Hall–Kier alpha value is -1.31. The summed E-state index contributed by atoms with van der Waals surface area (Å²) in [5, 5.41) is 1.13. The molecule has 0 spiro atoms. The summed E-state index contributed by atoms with van der Waals surface area (Å²) in [7, 11) is -3.64. The number of thiazole rings is 1. The number of halogens is 1. The van der Waals surface area contributed by atoms with E-state index in [-0.39, 0.29) is 9.90 Å². The predicted octanol–water partition coefficient (Wildman–Crippen LogP) is 2.49. The van der Waals surface area contributed by atoms with E-state index in [9.17, 15) is 8.42 Å². The molecule has 0 atom stereocenters. The van der Waals surface area contributed by atoms with Crippen molar-refractivity contribution >= 4 is 44.3 Å². The van der Waals surface area contributed by atoms with E-state index in [1.165, 1.54) is 18.3 Å². The third-order valence-electron chi connectivity index (χ3n) is 2.12. The van der Waals surface area contributed by atoms with Gasteiger partial charge < -0.3 is 5.73 Å². The topological polar surface area (TPSA) is 85.1 Å². The number of nitrogens with one attached hydrogen (secondary N) is 1. The zero-order valence-corrected chi connectivity index (χ0v) is 11.7. The highest BCUT2D eigenvalue weighted by Gasteiger charge is 2.18. The lowest BCUT2D eigenvalue weighted by Gasteiger charge is -2.08. The van der Waals surface area contributed by atoms with Gasteiger partial charge >= 0.3 is 0 Å². The van der Waals surface area contributed by atoms with Crippen molar-refractivity contribution in [2.75, 3.05) is 10.5 Å². The molecular formula is C10H10ClN3O2S2. The average Bonchev–Trinajstić information content (AvgIpc) is 2.70. The maximum atomic E-state index is 12.0. The molecule has 96 valence electrons. The molecule has 5 nitrogen and oxygen atoms in total. The van der Waals surface area contributed by atoms with Crippen LogP contribution in [-0.4, -0.2) is 13.4 Å². The number of anilines is 2. The first kappa shape index (κ1) is 13.1. The van der Waals surface area contributed by atoms with Crippen molar-refractivity contribution in [3.63, 3.8) is 0 Å². The van der Waals surface area contributed by atoms with E-state index in [0.717, 1.165) is 11.3 Å². The van der Waals surface area contributed by atoms with Gasteiger partial charge in [0, 0.05) is 5.02 Å². The number of nitrogens with two attached hydrogens (primary N) is 1. The number of rotatable bonds is 3. The average molecular weight is 304 g/mol.